The molecule has 1 saturated heterocycles. The van der Waals surface area contributed by atoms with Gasteiger partial charge in [-0.1, -0.05) is 60.2 Å². The lowest BCUT2D eigenvalue weighted by atomic mass is 9.94. The van der Waals surface area contributed by atoms with Crippen molar-refractivity contribution in [2.75, 3.05) is 4.90 Å². The van der Waals surface area contributed by atoms with Gasteiger partial charge in [0.15, 0.2) is 0 Å². The molecule has 1 fully saturated rings. The van der Waals surface area contributed by atoms with Crippen LogP contribution in [-0.2, 0) is 9.59 Å². The van der Waals surface area contributed by atoms with Gasteiger partial charge in [-0.2, -0.15) is 0 Å². The molecule has 1 aliphatic rings. The van der Waals surface area contributed by atoms with Gasteiger partial charge in [-0.15, -0.1) is 0 Å². The maximum Gasteiger partial charge on any atom is 0.300 e. The SMILES string of the molecule is Cc1ccc([C@@H]2C(=C(O)c3ccccc3)C(=O)C(=O)N2c2cccnc2)cc1. The highest BCUT2D eigenvalue weighted by Gasteiger charge is 2.46. The van der Waals surface area contributed by atoms with Gasteiger partial charge in [-0.05, 0) is 24.6 Å². The van der Waals surface area contributed by atoms with Crippen molar-refractivity contribution in [2.24, 2.45) is 0 Å². The molecule has 0 unspecified atom stereocenters. The number of hydrogen-bond donors (Lipinski definition) is 1. The van der Waals surface area contributed by atoms with E-state index in [2.05, 4.69) is 4.98 Å². The first-order valence-corrected chi connectivity index (χ1v) is 8.91. The molecule has 0 bridgehead atoms. The molecule has 5 nitrogen and oxygen atoms in total. The molecule has 0 radical (unpaired) electrons. The summed E-state index contributed by atoms with van der Waals surface area (Å²) in [6.07, 6.45) is 3.14. The molecule has 0 aliphatic carbocycles. The molecule has 0 saturated carbocycles. The van der Waals surface area contributed by atoms with Crippen molar-refractivity contribution in [3.8, 4) is 0 Å². The van der Waals surface area contributed by atoms with Crippen molar-refractivity contribution < 1.29 is 14.7 Å². The second kappa shape index (κ2) is 7.12. The number of benzene rings is 2. The van der Waals surface area contributed by atoms with Gasteiger partial charge >= 0.3 is 0 Å². The summed E-state index contributed by atoms with van der Waals surface area (Å²) in [6.45, 7) is 1.96. The maximum atomic E-state index is 12.9. The molecule has 138 valence electrons. The minimum Gasteiger partial charge on any atom is -0.507 e. The topological polar surface area (TPSA) is 70.5 Å². The standard InChI is InChI=1S/C23H18N2O3/c1-15-9-11-16(12-10-15)20-19(21(26)17-6-3-2-4-7-17)22(27)23(28)25(20)18-8-5-13-24-14-18/h2-14,20,26H,1H3/t20-/m1/s1. The van der Waals surface area contributed by atoms with Gasteiger partial charge in [0.1, 0.15) is 5.76 Å². The van der Waals surface area contributed by atoms with Crippen molar-refractivity contribution in [3.05, 3.63) is 101 Å². The smallest absolute Gasteiger partial charge is 0.300 e. The van der Waals surface area contributed by atoms with E-state index >= 15 is 0 Å². The number of amides is 1. The average molecular weight is 370 g/mol. The van der Waals surface area contributed by atoms with Crippen LogP contribution in [0.1, 0.15) is 22.7 Å². The number of nitrogens with zero attached hydrogens (tertiary/aromatic N) is 2. The number of pyridine rings is 1. The highest BCUT2D eigenvalue weighted by Crippen LogP contribution is 2.41. The average Bonchev–Trinajstić information content (AvgIpc) is 3.00. The van der Waals surface area contributed by atoms with Crippen LogP contribution in [-0.4, -0.2) is 21.8 Å². The van der Waals surface area contributed by atoms with Gasteiger partial charge < -0.3 is 5.11 Å². The number of aliphatic hydroxyl groups is 1. The summed E-state index contributed by atoms with van der Waals surface area (Å²) in [5, 5.41) is 10.9. The third kappa shape index (κ3) is 2.97. The second-order valence-corrected chi connectivity index (χ2v) is 6.66. The predicted octanol–water partition coefficient (Wildman–Crippen LogP) is 4.02. The Hall–Kier alpha value is -3.73. The fraction of sp³-hybridized carbons (Fsp3) is 0.0870. The molecule has 28 heavy (non-hydrogen) atoms. The number of ketones is 1. The lowest BCUT2D eigenvalue weighted by molar-refractivity contribution is -0.132. The van der Waals surface area contributed by atoms with Gasteiger partial charge in [0.05, 0.1) is 23.5 Å². The molecule has 1 amide bonds. The largest absolute Gasteiger partial charge is 0.507 e. The van der Waals surface area contributed by atoms with Crippen LogP contribution in [0.4, 0.5) is 5.69 Å². The Labute approximate surface area is 162 Å². The molecule has 4 rings (SSSR count). The number of Topliss-reactive ketones (excluding diaryl/α,β-unsaturated/α-hetero) is 1. The Balaban J connectivity index is 1.95. The third-order valence-corrected chi connectivity index (χ3v) is 4.81. The molecule has 0 spiro atoms. The lowest BCUT2D eigenvalue weighted by Gasteiger charge is -2.25. The number of carbonyl (C=O) groups excluding carboxylic acids is 2. The highest BCUT2D eigenvalue weighted by atomic mass is 16.3. The molecule has 2 aromatic carbocycles. The number of aliphatic hydroxyl groups excluding tert-OH is 1. The third-order valence-electron chi connectivity index (χ3n) is 4.81. The van der Waals surface area contributed by atoms with Crippen molar-refractivity contribution >= 4 is 23.1 Å². The Morgan fingerprint density at radius 3 is 2.32 bits per heavy atom. The summed E-state index contributed by atoms with van der Waals surface area (Å²) in [6, 6.07) is 19.1. The summed E-state index contributed by atoms with van der Waals surface area (Å²) >= 11 is 0. The number of aromatic nitrogens is 1. The molecule has 2 heterocycles. The first-order valence-electron chi connectivity index (χ1n) is 8.91. The van der Waals surface area contributed by atoms with Crippen LogP contribution < -0.4 is 4.90 Å². The Bertz CT molecular complexity index is 1060. The van der Waals surface area contributed by atoms with Crippen molar-refractivity contribution in [2.45, 2.75) is 13.0 Å². The minimum atomic E-state index is -0.731. The number of carbonyl (C=O) groups is 2. The minimum absolute atomic E-state index is 0.0731. The highest BCUT2D eigenvalue weighted by molar-refractivity contribution is 6.51. The van der Waals surface area contributed by atoms with Gasteiger partial charge in [0.25, 0.3) is 11.7 Å². The van der Waals surface area contributed by atoms with E-state index in [1.54, 1.807) is 42.6 Å². The van der Waals surface area contributed by atoms with Crippen LogP contribution in [0.25, 0.3) is 5.76 Å². The molecular formula is C23H18N2O3. The summed E-state index contributed by atoms with van der Waals surface area (Å²) < 4.78 is 0. The van der Waals surface area contributed by atoms with Crippen LogP contribution in [0.15, 0.2) is 84.7 Å². The number of anilines is 1. The second-order valence-electron chi connectivity index (χ2n) is 6.66. The summed E-state index contributed by atoms with van der Waals surface area (Å²) in [5.74, 6) is -1.58. The van der Waals surface area contributed by atoms with Gasteiger partial charge in [-0.3, -0.25) is 19.5 Å². The zero-order chi connectivity index (χ0) is 19.7. The normalized spacial score (nSPS) is 18.5. The zero-order valence-corrected chi connectivity index (χ0v) is 15.2. The fourth-order valence-corrected chi connectivity index (χ4v) is 3.41. The van der Waals surface area contributed by atoms with Gasteiger partial charge in [-0.25, -0.2) is 0 Å². The van der Waals surface area contributed by atoms with E-state index < -0.39 is 17.7 Å². The van der Waals surface area contributed by atoms with Crippen LogP contribution in [0.2, 0.25) is 0 Å². The molecule has 5 heteroatoms. The summed E-state index contributed by atoms with van der Waals surface area (Å²) in [4.78, 5) is 31.3. The molecule has 1 atom stereocenters. The molecule has 1 aliphatic heterocycles. The molecule has 1 N–H and O–H groups in total. The summed E-state index contributed by atoms with van der Waals surface area (Å²) in [7, 11) is 0. The van der Waals surface area contributed by atoms with E-state index in [4.69, 9.17) is 0 Å². The first-order chi connectivity index (χ1) is 13.6. The fourth-order valence-electron chi connectivity index (χ4n) is 3.41. The Kier molecular flexibility index (Phi) is 4.49. The lowest BCUT2D eigenvalue weighted by Crippen LogP contribution is -2.29. The Morgan fingerprint density at radius 1 is 0.964 bits per heavy atom. The van der Waals surface area contributed by atoms with Crippen molar-refractivity contribution in [1.29, 1.82) is 0 Å². The van der Waals surface area contributed by atoms with Crippen molar-refractivity contribution in [3.63, 3.8) is 0 Å². The monoisotopic (exact) mass is 370 g/mol. The van der Waals surface area contributed by atoms with E-state index in [0.29, 0.717) is 11.3 Å². The van der Waals surface area contributed by atoms with Gasteiger partial charge in [0, 0.05) is 11.8 Å². The number of hydrogen-bond acceptors (Lipinski definition) is 4. The predicted molar refractivity (Wildman–Crippen MR) is 107 cm³/mol. The Morgan fingerprint density at radius 2 is 1.68 bits per heavy atom. The van der Waals surface area contributed by atoms with Crippen LogP contribution >= 0.6 is 0 Å². The number of aryl methyl sites for hydroxylation is 1. The van der Waals surface area contributed by atoms with E-state index in [1.165, 1.54) is 11.1 Å². The van der Waals surface area contributed by atoms with E-state index in [9.17, 15) is 14.7 Å². The van der Waals surface area contributed by atoms with Gasteiger partial charge in [0.2, 0.25) is 0 Å². The number of rotatable bonds is 3. The van der Waals surface area contributed by atoms with Crippen molar-refractivity contribution in [1.82, 2.24) is 4.98 Å². The molecular weight excluding hydrogens is 352 g/mol. The van der Waals surface area contributed by atoms with E-state index in [-0.39, 0.29) is 11.3 Å². The molecule has 1 aromatic heterocycles. The maximum absolute atomic E-state index is 12.9. The van der Waals surface area contributed by atoms with Crippen LogP contribution in [0.3, 0.4) is 0 Å². The van der Waals surface area contributed by atoms with Crippen LogP contribution in [0.5, 0.6) is 0 Å². The first kappa shape index (κ1) is 17.7. The molecule has 3 aromatic rings. The summed E-state index contributed by atoms with van der Waals surface area (Å²) in [5.41, 5.74) is 2.87. The quantitative estimate of drug-likeness (QED) is 0.429. The van der Waals surface area contributed by atoms with Crippen LogP contribution in [0, 0.1) is 6.92 Å². The van der Waals surface area contributed by atoms with E-state index in [1.807, 2.05) is 37.3 Å². The van der Waals surface area contributed by atoms with E-state index in [0.717, 1.165) is 11.1 Å². The zero-order valence-electron chi connectivity index (χ0n) is 15.2.